The molecule has 0 aliphatic carbocycles. The van der Waals surface area contributed by atoms with Crippen molar-refractivity contribution in [3.8, 4) is 0 Å². The van der Waals surface area contributed by atoms with Gasteiger partial charge in [-0.1, -0.05) is 0 Å². The molecular formula is C13H15FINO2. The summed E-state index contributed by atoms with van der Waals surface area (Å²) in [6.07, 6.45) is 3.53. The Bertz CT molecular complexity index is 433. The van der Waals surface area contributed by atoms with Crippen LogP contribution in [-0.2, 0) is 9.53 Å². The number of nitrogens with one attached hydrogen (secondary N) is 1. The summed E-state index contributed by atoms with van der Waals surface area (Å²) in [4.78, 5) is 11.8. The fraction of sp³-hybridized carbons (Fsp3) is 0.462. The number of halogens is 2. The lowest BCUT2D eigenvalue weighted by Gasteiger charge is -2.22. The summed E-state index contributed by atoms with van der Waals surface area (Å²) < 4.78 is 19.1. The zero-order valence-corrected chi connectivity index (χ0v) is 12.1. The molecule has 0 saturated carbocycles. The Kier molecular flexibility index (Phi) is 4.94. The Morgan fingerprint density at radius 3 is 3.00 bits per heavy atom. The highest BCUT2D eigenvalue weighted by Gasteiger charge is 2.18. The highest BCUT2D eigenvalue weighted by molar-refractivity contribution is 14.1. The van der Waals surface area contributed by atoms with Crippen molar-refractivity contribution in [2.45, 2.75) is 31.8 Å². The number of carbonyl (C=O) groups is 1. The van der Waals surface area contributed by atoms with Crippen LogP contribution in [0.2, 0.25) is 0 Å². The number of anilines is 1. The molecule has 5 heteroatoms. The third-order valence-electron chi connectivity index (χ3n) is 2.89. The fourth-order valence-corrected chi connectivity index (χ4v) is 2.58. The van der Waals surface area contributed by atoms with Crippen LogP contribution in [0.15, 0.2) is 18.2 Å². The predicted molar refractivity (Wildman–Crippen MR) is 76.0 cm³/mol. The molecule has 1 N–H and O–H groups in total. The maximum atomic E-state index is 12.9. The molecule has 0 radical (unpaired) electrons. The van der Waals surface area contributed by atoms with Gasteiger partial charge in [-0.25, -0.2) is 4.39 Å². The van der Waals surface area contributed by atoms with Crippen molar-refractivity contribution in [3.05, 3.63) is 27.6 Å². The van der Waals surface area contributed by atoms with Crippen LogP contribution in [0.4, 0.5) is 10.1 Å². The van der Waals surface area contributed by atoms with Gasteiger partial charge in [0.25, 0.3) is 0 Å². The molecule has 1 unspecified atom stereocenters. The van der Waals surface area contributed by atoms with Crippen molar-refractivity contribution in [2.75, 3.05) is 11.9 Å². The molecule has 1 aromatic rings. The average molecular weight is 363 g/mol. The van der Waals surface area contributed by atoms with Gasteiger partial charge < -0.3 is 10.1 Å². The Balaban J connectivity index is 1.90. The second kappa shape index (κ2) is 6.47. The molecule has 1 heterocycles. The third kappa shape index (κ3) is 3.91. The van der Waals surface area contributed by atoms with Gasteiger partial charge in [0, 0.05) is 10.2 Å². The van der Waals surface area contributed by atoms with Gasteiger partial charge in [-0.2, -0.15) is 0 Å². The molecule has 1 fully saturated rings. The number of benzene rings is 1. The minimum absolute atomic E-state index is 0.0249. The van der Waals surface area contributed by atoms with Gasteiger partial charge in [-0.3, -0.25) is 4.79 Å². The van der Waals surface area contributed by atoms with Crippen LogP contribution in [-0.4, -0.2) is 18.6 Å². The first-order valence-corrected chi connectivity index (χ1v) is 7.09. The molecule has 0 spiro atoms. The molecule has 1 aromatic carbocycles. The summed E-state index contributed by atoms with van der Waals surface area (Å²) >= 11 is 2.00. The van der Waals surface area contributed by atoms with Crippen LogP contribution in [0.5, 0.6) is 0 Å². The average Bonchev–Trinajstić information content (AvgIpc) is 2.34. The number of carbonyl (C=O) groups excluding carboxylic acids is 1. The molecular weight excluding hydrogens is 348 g/mol. The summed E-state index contributed by atoms with van der Waals surface area (Å²) in [7, 11) is 0. The molecule has 1 atom stereocenters. The van der Waals surface area contributed by atoms with Crippen molar-refractivity contribution >= 4 is 34.2 Å². The van der Waals surface area contributed by atoms with E-state index in [9.17, 15) is 9.18 Å². The van der Waals surface area contributed by atoms with Crippen LogP contribution < -0.4 is 5.32 Å². The van der Waals surface area contributed by atoms with E-state index < -0.39 is 0 Å². The van der Waals surface area contributed by atoms with Gasteiger partial charge in [0.2, 0.25) is 5.91 Å². The first-order valence-electron chi connectivity index (χ1n) is 6.01. The quantitative estimate of drug-likeness (QED) is 0.837. The van der Waals surface area contributed by atoms with Crippen LogP contribution in [0, 0.1) is 9.39 Å². The minimum Gasteiger partial charge on any atom is -0.378 e. The molecule has 1 aliphatic rings. The normalized spacial score (nSPS) is 19.6. The van der Waals surface area contributed by atoms with Gasteiger partial charge in [-0.15, -0.1) is 0 Å². The Hall–Kier alpha value is -0.690. The topological polar surface area (TPSA) is 38.3 Å². The Morgan fingerprint density at radius 1 is 1.50 bits per heavy atom. The molecule has 1 saturated heterocycles. The maximum Gasteiger partial charge on any atom is 0.227 e. The van der Waals surface area contributed by atoms with Crippen molar-refractivity contribution in [2.24, 2.45) is 0 Å². The van der Waals surface area contributed by atoms with E-state index in [0.29, 0.717) is 15.7 Å². The summed E-state index contributed by atoms with van der Waals surface area (Å²) in [5.41, 5.74) is 0.651. The summed E-state index contributed by atoms with van der Waals surface area (Å²) in [6, 6.07) is 4.32. The van der Waals surface area contributed by atoms with E-state index in [-0.39, 0.29) is 17.8 Å². The molecule has 2 rings (SSSR count). The number of hydrogen-bond acceptors (Lipinski definition) is 2. The lowest BCUT2D eigenvalue weighted by atomic mass is 10.1. The first kappa shape index (κ1) is 13.7. The van der Waals surface area contributed by atoms with Crippen LogP contribution in [0.25, 0.3) is 0 Å². The van der Waals surface area contributed by atoms with Gasteiger partial charge in [0.15, 0.2) is 0 Å². The maximum absolute atomic E-state index is 12.9. The SMILES string of the molecule is O=C(CC1CCCCO1)Nc1ccc(F)cc1I. The van der Waals surface area contributed by atoms with Crippen molar-refractivity contribution in [3.63, 3.8) is 0 Å². The summed E-state index contributed by atoms with van der Waals surface area (Å²) in [5, 5.41) is 2.79. The van der Waals surface area contributed by atoms with Crippen molar-refractivity contribution in [1.82, 2.24) is 0 Å². The summed E-state index contributed by atoms with van der Waals surface area (Å²) in [6.45, 7) is 0.742. The molecule has 98 valence electrons. The van der Waals surface area contributed by atoms with E-state index in [2.05, 4.69) is 5.32 Å². The van der Waals surface area contributed by atoms with Crippen LogP contribution in [0.3, 0.4) is 0 Å². The molecule has 1 amide bonds. The van der Waals surface area contributed by atoms with Gasteiger partial charge in [0.1, 0.15) is 5.82 Å². The molecule has 3 nitrogen and oxygen atoms in total. The first-order chi connectivity index (χ1) is 8.65. The molecule has 0 aromatic heterocycles. The van der Waals surface area contributed by atoms with E-state index in [0.717, 1.165) is 25.9 Å². The van der Waals surface area contributed by atoms with E-state index in [1.807, 2.05) is 22.6 Å². The van der Waals surface area contributed by atoms with E-state index in [1.54, 1.807) is 6.07 Å². The smallest absolute Gasteiger partial charge is 0.227 e. The van der Waals surface area contributed by atoms with Crippen LogP contribution in [0.1, 0.15) is 25.7 Å². The van der Waals surface area contributed by atoms with E-state index >= 15 is 0 Å². The lowest BCUT2D eigenvalue weighted by molar-refractivity contribution is -0.119. The Labute approximate surface area is 119 Å². The van der Waals surface area contributed by atoms with E-state index in [1.165, 1.54) is 12.1 Å². The predicted octanol–water partition coefficient (Wildman–Crippen LogP) is 3.33. The Morgan fingerprint density at radius 2 is 2.33 bits per heavy atom. The molecule has 0 bridgehead atoms. The summed E-state index contributed by atoms with van der Waals surface area (Å²) in [5.74, 6) is -0.376. The number of hydrogen-bond donors (Lipinski definition) is 1. The fourth-order valence-electron chi connectivity index (χ4n) is 1.97. The minimum atomic E-state index is -0.298. The molecule has 18 heavy (non-hydrogen) atoms. The highest BCUT2D eigenvalue weighted by atomic mass is 127. The van der Waals surface area contributed by atoms with Crippen molar-refractivity contribution in [1.29, 1.82) is 0 Å². The highest BCUT2D eigenvalue weighted by Crippen LogP contribution is 2.21. The largest absolute Gasteiger partial charge is 0.378 e. The third-order valence-corrected chi connectivity index (χ3v) is 3.78. The number of ether oxygens (including phenoxy) is 1. The van der Waals surface area contributed by atoms with E-state index in [4.69, 9.17) is 4.74 Å². The van der Waals surface area contributed by atoms with Gasteiger partial charge >= 0.3 is 0 Å². The number of amides is 1. The molecule has 1 aliphatic heterocycles. The van der Waals surface area contributed by atoms with Gasteiger partial charge in [-0.05, 0) is 60.1 Å². The zero-order chi connectivity index (χ0) is 13.0. The standard InChI is InChI=1S/C13H15FINO2/c14-9-4-5-12(11(15)7-9)16-13(17)8-10-3-1-2-6-18-10/h4-5,7,10H,1-3,6,8H2,(H,16,17). The lowest BCUT2D eigenvalue weighted by Crippen LogP contribution is -2.25. The second-order valence-electron chi connectivity index (χ2n) is 4.37. The second-order valence-corrected chi connectivity index (χ2v) is 5.53. The monoisotopic (exact) mass is 363 g/mol. The van der Waals surface area contributed by atoms with Crippen molar-refractivity contribution < 1.29 is 13.9 Å². The number of rotatable bonds is 3. The van der Waals surface area contributed by atoms with Crippen LogP contribution >= 0.6 is 22.6 Å². The van der Waals surface area contributed by atoms with Gasteiger partial charge in [0.05, 0.1) is 18.2 Å². The zero-order valence-electron chi connectivity index (χ0n) is 9.92.